The van der Waals surface area contributed by atoms with Crippen LogP contribution in [0, 0.1) is 17.6 Å². The quantitative estimate of drug-likeness (QED) is 0.829. The van der Waals surface area contributed by atoms with Crippen molar-refractivity contribution in [1.82, 2.24) is 5.32 Å². The molecule has 138 valence electrons. The van der Waals surface area contributed by atoms with Gasteiger partial charge in [0.25, 0.3) is 0 Å². The molecule has 0 aliphatic carbocycles. The van der Waals surface area contributed by atoms with E-state index in [1.165, 1.54) is 7.11 Å². The minimum absolute atomic E-state index is 0.0975. The topological polar surface area (TPSA) is 47.6 Å². The predicted molar refractivity (Wildman–Crippen MR) is 92.9 cm³/mol. The predicted octanol–water partition coefficient (Wildman–Crippen LogP) is 3.41. The molecular formula is C20H21F2NO3. The summed E-state index contributed by atoms with van der Waals surface area (Å²) in [7, 11) is 1.35. The molecule has 1 N–H and O–H groups in total. The summed E-state index contributed by atoms with van der Waals surface area (Å²) in [5, 5.41) is 3.10. The highest BCUT2D eigenvalue weighted by Gasteiger charge is 2.36. The maximum Gasteiger partial charge on any atom is 0.309 e. The molecule has 0 bridgehead atoms. The Bertz CT molecular complexity index is 744. The van der Waals surface area contributed by atoms with Gasteiger partial charge in [0, 0.05) is 30.2 Å². The fourth-order valence-electron chi connectivity index (χ4n) is 3.31. The van der Waals surface area contributed by atoms with E-state index in [-0.39, 0.29) is 17.9 Å². The normalized spacial score (nSPS) is 19.8. The van der Waals surface area contributed by atoms with Gasteiger partial charge in [-0.15, -0.1) is 0 Å². The van der Waals surface area contributed by atoms with Gasteiger partial charge in [0.05, 0.1) is 13.0 Å². The van der Waals surface area contributed by atoms with Gasteiger partial charge < -0.3 is 14.8 Å². The van der Waals surface area contributed by atoms with E-state index in [1.54, 1.807) is 0 Å². The summed E-state index contributed by atoms with van der Waals surface area (Å²) in [5.41, 5.74) is 0.771. The molecule has 0 spiro atoms. The molecule has 0 saturated carbocycles. The molecule has 0 radical (unpaired) electrons. The molecule has 1 fully saturated rings. The number of methoxy groups -OCH3 is 1. The monoisotopic (exact) mass is 361 g/mol. The molecule has 2 atom stereocenters. The summed E-state index contributed by atoms with van der Waals surface area (Å²) in [6.07, 6.45) is 0.462. The second-order valence-electron chi connectivity index (χ2n) is 6.30. The molecule has 6 heteroatoms. The highest BCUT2D eigenvalue weighted by Crippen LogP contribution is 2.35. The van der Waals surface area contributed by atoms with Gasteiger partial charge in [-0.05, 0) is 18.5 Å². The fraction of sp³-hybridized carbons (Fsp3) is 0.350. The lowest BCUT2D eigenvalue weighted by Crippen LogP contribution is -2.40. The zero-order valence-electron chi connectivity index (χ0n) is 14.5. The third-order valence-corrected chi connectivity index (χ3v) is 4.67. The maximum atomic E-state index is 14.5. The number of esters is 1. The van der Waals surface area contributed by atoms with E-state index in [1.807, 2.05) is 30.3 Å². The van der Waals surface area contributed by atoms with E-state index >= 15 is 0 Å². The van der Waals surface area contributed by atoms with Crippen LogP contribution in [0.2, 0.25) is 0 Å². The van der Waals surface area contributed by atoms with Crippen LogP contribution in [0.25, 0.3) is 0 Å². The molecule has 4 nitrogen and oxygen atoms in total. The Hall–Kier alpha value is -2.47. The Morgan fingerprint density at radius 1 is 1.19 bits per heavy atom. The molecule has 1 aliphatic rings. The van der Waals surface area contributed by atoms with Crippen LogP contribution in [0.15, 0.2) is 42.5 Å². The molecule has 1 saturated heterocycles. The second-order valence-corrected chi connectivity index (χ2v) is 6.30. The average molecular weight is 361 g/mol. The van der Waals surface area contributed by atoms with Crippen LogP contribution in [-0.4, -0.2) is 26.2 Å². The minimum atomic E-state index is -0.712. The van der Waals surface area contributed by atoms with Crippen LogP contribution in [0.4, 0.5) is 8.78 Å². The van der Waals surface area contributed by atoms with Gasteiger partial charge in [-0.3, -0.25) is 4.79 Å². The van der Waals surface area contributed by atoms with Gasteiger partial charge in [-0.25, -0.2) is 8.78 Å². The van der Waals surface area contributed by atoms with Crippen LogP contribution >= 0.6 is 0 Å². The molecule has 2 aromatic carbocycles. The summed E-state index contributed by atoms with van der Waals surface area (Å²) in [6.45, 7) is 1.05. The fourth-order valence-corrected chi connectivity index (χ4v) is 3.31. The lowest BCUT2D eigenvalue weighted by atomic mass is 9.81. The Balaban J connectivity index is 1.79. The third-order valence-electron chi connectivity index (χ3n) is 4.67. The first-order chi connectivity index (χ1) is 12.6. The van der Waals surface area contributed by atoms with E-state index < -0.39 is 29.4 Å². The van der Waals surface area contributed by atoms with Crippen molar-refractivity contribution in [2.45, 2.75) is 18.9 Å². The average Bonchev–Trinajstić information content (AvgIpc) is 2.66. The summed E-state index contributed by atoms with van der Waals surface area (Å²) >= 11 is 0. The van der Waals surface area contributed by atoms with Crippen LogP contribution in [0.3, 0.4) is 0 Å². The standard InChI is InChI=1S/C20H21F2NO3/c1-25-14-9-17(21)19(18(22)10-14)16-11-23-8-7-15(16)20(24)26-12-13-5-3-2-4-6-13/h2-6,9-10,15-16,23H,7-8,11-12H2,1H3. The molecule has 2 unspecified atom stereocenters. The molecule has 0 amide bonds. The van der Waals surface area contributed by atoms with Crippen LogP contribution < -0.4 is 10.1 Å². The molecule has 1 heterocycles. The number of hydrogen-bond acceptors (Lipinski definition) is 4. The van der Waals surface area contributed by atoms with E-state index in [0.717, 1.165) is 17.7 Å². The minimum Gasteiger partial charge on any atom is -0.497 e. The number of carbonyl (C=O) groups excluding carboxylic acids is 1. The summed E-state index contributed by atoms with van der Waals surface area (Å²) in [6, 6.07) is 11.6. The van der Waals surface area contributed by atoms with E-state index in [0.29, 0.717) is 19.5 Å². The van der Waals surface area contributed by atoms with E-state index in [4.69, 9.17) is 9.47 Å². The van der Waals surface area contributed by atoms with Gasteiger partial charge in [0.1, 0.15) is 24.0 Å². The number of piperidine rings is 1. The van der Waals surface area contributed by atoms with Gasteiger partial charge in [-0.1, -0.05) is 30.3 Å². The van der Waals surface area contributed by atoms with Crippen molar-refractivity contribution in [1.29, 1.82) is 0 Å². The maximum absolute atomic E-state index is 14.5. The highest BCUT2D eigenvalue weighted by molar-refractivity contribution is 5.74. The third kappa shape index (κ3) is 4.02. The van der Waals surface area contributed by atoms with Crippen molar-refractivity contribution in [3.63, 3.8) is 0 Å². The van der Waals surface area contributed by atoms with Crippen molar-refractivity contribution >= 4 is 5.97 Å². The Labute approximate surface area is 151 Å². The molecule has 0 aromatic heterocycles. The van der Waals surface area contributed by atoms with Crippen LogP contribution in [0.1, 0.15) is 23.5 Å². The molecule has 1 aliphatic heterocycles. The first kappa shape index (κ1) is 18.3. The van der Waals surface area contributed by atoms with E-state index in [2.05, 4.69) is 5.32 Å². The molecule has 26 heavy (non-hydrogen) atoms. The van der Waals surface area contributed by atoms with Crippen LogP contribution in [-0.2, 0) is 16.1 Å². The highest BCUT2D eigenvalue weighted by atomic mass is 19.1. The second kappa shape index (κ2) is 8.27. The first-order valence-corrected chi connectivity index (χ1v) is 8.54. The first-order valence-electron chi connectivity index (χ1n) is 8.54. The Kier molecular flexibility index (Phi) is 5.83. The lowest BCUT2D eigenvalue weighted by molar-refractivity contribution is -0.151. The van der Waals surface area contributed by atoms with Crippen molar-refractivity contribution in [2.75, 3.05) is 20.2 Å². The zero-order valence-corrected chi connectivity index (χ0v) is 14.5. The Morgan fingerprint density at radius 2 is 1.88 bits per heavy atom. The number of ether oxygens (including phenoxy) is 2. The smallest absolute Gasteiger partial charge is 0.309 e. The number of benzene rings is 2. The summed E-state index contributed by atoms with van der Waals surface area (Å²) in [5.74, 6) is -2.98. The number of halogens is 2. The number of nitrogens with one attached hydrogen (secondary N) is 1. The van der Waals surface area contributed by atoms with Crippen molar-refractivity contribution in [2.24, 2.45) is 5.92 Å². The van der Waals surface area contributed by atoms with Crippen molar-refractivity contribution < 1.29 is 23.0 Å². The van der Waals surface area contributed by atoms with Gasteiger partial charge in [0.2, 0.25) is 0 Å². The SMILES string of the molecule is COc1cc(F)c(C2CNCCC2C(=O)OCc2ccccc2)c(F)c1. The largest absolute Gasteiger partial charge is 0.497 e. The van der Waals surface area contributed by atoms with Crippen LogP contribution in [0.5, 0.6) is 5.75 Å². The van der Waals surface area contributed by atoms with E-state index in [9.17, 15) is 13.6 Å². The Morgan fingerprint density at radius 3 is 2.54 bits per heavy atom. The van der Waals surface area contributed by atoms with Gasteiger partial charge >= 0.3 is 5.97 Å². The van der Waals surface area contributed by atoms with Gasteiger partial charge in [0.15, 0.2) is 0 Å². The molecule has 3 rings (SSSR count). The van der Waals surface area contributed by atoms with Gasteiger partial charge in [-0.2, -0.15) is 0 Å². The number of carbonyl (C=O) groups is 1. The summed E-state index contributed by atoms with van der Waals surface area (Å²) < 4.78 is 39.2. The number of rotatable bonds is 5. The van der Waals surface area contributed by atoms with Crippen molar-refractivity contribution in [3.8, 4) is 5.75 Å². The number of hydrogen-bond donors (Lipinski definition) is 1. The zero-order chi connectivity index (χ0) is 18.5. The lowest BCUT2D eigenvalue weighted by Gasteiger charge is -2.31. The molecule has 2 aromatic rings. The van der Waals surface area contributed by atoms with Crippen molar-refractivity contribution in [3.05, 3.63) is 65.2 Å². The summed E-state index contributed by atoms with van der Waals surface area (Å²) in [4.78, 5) is 12.6. The molecular weight excluding hydrogens is 340 g/mol.